The third kappa shape index (κ3) is 5.90. The lowest BCUT2D eigenvalue weighted by Crippen LogP contribution is -2.70. The number of carbonyl (C=O) groups is 6. The maximum absolute atomic E-state index is 12.9. The van der Waals surface area contributed by atoms with Crippen molar-refractivity contribution >= 4 is 47.9 Å². The van der Waals surface area contributed by atoms with E-state index in [0.29, 0.717) is 11.4 Å². The lowest BCUT2D eigenvalue weighted by Gasteiger charge is -2.40. The Kier molecular flexibility index (Phi) is 8.10. The number of hydrogen-bond acceptors (Lipinski definition) is 8. The van der Waals surface area contributed by atoms with Gasteiger partial charge in [-0.2, -0.15) is 0 Å². The average Bonchev–Trinajstić information content (AvgIpc) is 2.70. The summed E-state index contributed by atoms with van der Waals surface area (Å²) in [6, 6.07) is -3.21. The van der Waals surface area contributed by atoms with Gasteiger partial charge in [0.15, 0.2) is 0 Å². The van der Waals surface area contributed by atoms with Crippen LogP contribution < -0.4 is 16.0 Å². The third-order valence-corrected chi connectivity index (χ3v) is 6.24. The number of β-lactam (4-membered cyclic amide) rings is 1. The van der Waals surface area contributed by atoms with E-state index in [1.54, 1.807) is 6.92 Å². The van der Waals surface area contributed by atoms with E-state index in [1.165, 1.54) is 23.6 Å². The normalized spacial score (nSPS) is 23.0. The van der Waals surface area contributed by atoms with Crippen LogP contribution in [-0.2, 0) is 28.7 Å². The fourth-order valence-corrected chi connectivity index (χ4v) is 4.43. The van der Waals surface area contributed by atoms with Gasteiger partial charge in [-0.25, -0.2) is 4.79 Å². The molecule has 12 nitrogen and oxygen atoms in total. The van der Waals surface area contributed by atoms with Crippen molar-refractivity contribution in [2.75, 3.05) is 19.6 Å². The number of nitrogens with zero attached hydrogens (tertiary/aromatic N) is 2. The first-order valence-electron chi connectivity index (χ1n) is 10.2. The van der Waals surface area contributed by atoms with E-state index in [4.69, 9.17) is 4.74 Å². The highest BCUT2D eigenvalue weighted by Gasteiger charge is 2.45. The molecule has 32 heavy (non-hydrogen) atoms. The number of urea groups is 1. The van der Waals surface area contributed by atoms with Crippen LogP contribution in [0.25, 0.3) is 0 Å². The summed E-state index contributed by atoms with van der Waals surface area (Å²) in [5.41, 5.74) is 0. The summed E-state index contributed by atoms with van der Waals surface area (Å²) < 4.78 is 4.64. The van der Waals surface area contributed by atoms with Crippen LogP contribution in [-0.4, -0.2) is 93.9 Å². The second-order valence-corrected chi connectivity index (χ2v) is 10.3. The Morgan fingerprint density at radius 3 is 2.44 bits per heavy atom. The number of rotatable bonds is 8. The van der Waals surface area contributed by atoms with Crippen molar-refractivity contribution in [3.05, 3.63) is 0 Å². The summed E-state index contributed by atoms with van der Waals surface area (Å²) in [7, 11) is 0. The van der Waals surface area contributed by atoms with Crippen LogP contribution in [0.4, 0.5) is 4.79 Å². The molecule has 2 fully saturated rings. The van der Waals surface area contributed by atoms with E-state index in [9.17, 15) is 28.8 Å². The van der Waals surface area contributed by atoms with Gasteiger partial charge in [0.1, 0.15) is 23.6 Å². The second kappa shape index (κ2) is 10.2. The molecular formula is C19H29N5O7S. The maximum atomic E-state index is 12.9. The number of ether oxygens (including phenoxy) is 1. The SMILES string of the molecule is CCN1CCN(C(=O)NC(C(=O)N[C@@H]2C(=O)N[C@@H]2SC(C)(C)C)[C@H](C)OC=O)C(=O)C1=O. The van der Waals surface area contributed by atoms with Crippen molar-refractivity contribution in [1.82, 2.24) is 25.8 Å². The predicted molar refractivity (Wildman–Crippen MR) is 114 cm³/mol. The summed E-state index contributed by atoms with van der Waals surface area (Å²) in [5, 5.41) is 7.24. The minimum Gasteiger partial charge on any atom is -0.462 e. The van der Waals surface area contributed by atoms with E-state index < -0.39 is 41.9 Å². The number of likely N-dealkylation sites (N-methyl/N-ethyl adjacent to an activating group) is 1. The van der Waals surface area contributed by atoms with Crippen molar-refractivity contribution in [3.8, 4) is 0 Å². The summed E-state index contributed by atoms with van der Waals surface area (Å²) in [6.45, 7) is 9.54. The minimum atomic E-state index is -1.39. The van der Waals surface area contributed by atoms with Gasteiger partial charge in [-0.05, 0) is 13.8 Å². The summed E-state index contributed by atoms with van der Waals surface area (Å²) in [6.07, 6.45) is -1.10. The van der Waals surface area contributed by atoms with Crippen LogP contribution in [0.1, 0.15) is 34.6 Å². The zero-order valence-corrected chi connectivity index (χ0v) is 19.5. The number of thioether (sulfide) groups is 1. The fraction of sp³-hybridized carbons (Fsp3) is 0.684. The van der Waals surface area contributed by atoms with Crippen molar-refractivity contribution in [2.24, 2.45) is 0 Å². The molecule has 0 aromatic carbocycles. The molecule has 2 aliphatic heterocycles. The molecule has 0 spiro atoms. The largest absolute Gasteiger partial charge is 0.462 e. The molecule has 2 aliphatic rings. The quantitative estimate of drug-likeness (QED) is 0.226. The summed E-state index contributed by atoms with van der Waals surface area (Å²) in [4.78, 5) is 74.7. The number of carbonyl (C=O) groups excluding carboxylic acids is 6. The molecule has 2 saturated heterocycles. The molecule has 2 rings (SSSR count). The number of nitrogens with one attached hydrogen (secondary N) is 3. The first-order valence-corrected chi connectivity index (χ1v) is 11.1. The maximum Gasteiger partial charge on any atom is 0.325 e. The van der Waals surface area contributed by atoms with Crippen molar-refractivity contribution in [3.63, 3.8) is 0 Å². The fourth-order valence-electron chi connectivity index (χ4n) is 3.16. The number of imide groups is 1. The average molecular weight is 472 g/mol. The van der Waals surface area contributed by atoms with Crippen LogP contribution in [0.3, 0.4) is 0 Å². The van der Waals surface area contributed by atoms with Crippen LogP contribution in [0, 0.1) is 0 Å². The van der Waals surface area contributed by atoms with E-state index in [2.05, 4.69) is 16.0 Å². The van der Waals surface area contributed by atoms with E-state index in [1.807, 2.05) is 20.8 Å². The van der Waals surface area contributed by atoms with Gasteiger partial charge in [-0.1, -0.05) is 20.8 Å². The molecule has 0 radical (unpaired) electrons. The lowest BCUT2D eigenvalue weighted by molar-refractivity contribution is -0.153. The van der Waals surface area contributed by atoms with Gasteiger partial charge in [0.25, 0.3) is 6.47 Å². The molecule has 4 atom stereocenters. The zero-order valence-electron chi connectivity index (χ0n) is 18.7. The molecular weight excluding hydrogens is 442 g/mol. The molecule has 6 amide bonds. The molecule has 0 aromatic rings. The standard InChI is InChI=1S/C19H29N5O7S/c1-6-23-7-8-24(17(29)16(23)28)18(30)21-11(10(2)31-9-25)13(26)20-12-14(27)22-15(12)32-19(3,4)5/h9-12,15H,6-8H2,1-5H3,(H,20,26)(H,21,30)(H,22,27)/t10-,11?,12+,15+/m0/s1. The monoisotopic (exact) mass is 471 g/mol. The molecule has 1 unspecified atom stereocenters. The molecule has 0 aromatic heterocycles. The first-order chi connectivity index (χ1) is 14.9. The molecule has 0 bridgehead atoms. The van der Waals surface area contributed by atoms with E-state index >= 15 is 0 Å². The van der Waals surface area contributed by atoms with E-state index in [0.717, 1.165) is 0 Å². The molecule has 178 valence electrons. The van der Waals surface area contributed by atoms with Gasteiger partial charge in [-0.3, -0.25) is 28.9 Å². The predicted octanol–water partition coefficient (Wildman–Crippen LogP) is -1.21. The van der Waals surface area contributed by atoms with Crippen LogP contribution in [0.2, 0.25) is 0 Å². The molecule has 2 heterocycles. The molecule has 3 N–H and O–H groups in total. The van der Waals surface area contributed by atoms with Crippen molar-refractivity contribution in [2.45, 2.75) is 62.9 Å². The summed E-state index contributed by atoms with van der Waals surface area (Å²) >= 11 is 1.45. The molecule has 0 aliphatic carbocycles. The second-order valence-electron chi connectivity index (χ2n) is 8.35. The first kappa shape index (κ1) is 25.4. The Bertz CT molecular complexity index is 799. The number of hydrogen-bond donors (Lipinski definition) is 3. The Morgan fingerprint density at radius 2 is 1.91 bits per heavy atom. The Hall–Kier alpha value is -2.83. The van der Waals surface area contributed by atoms with Gasteiger partial charge >= 0.3 is 17.8 Å². The van der Waals surface area contributed by atoms with Gasteiger partial charge < -0.3 is 25.6 Å². The lowest BCUT2D eigenvalue weighted by atomic mass is 10.1. The summed E-state index contributed by atoms with van der Waals surface area (Å²) in [5.74, 6) is -2.98. The smallest absolute Gasteiger partial charge is 0.325 e. The highest BCUT2D eigenvalue weighted by molar-refractivity contribution is 8.01. The van der Waals surface area contributed by atoms with Gasteiger partial charge in [0.05, 0.1) is 0 Å². The highest BCUT2D eigenvalue weighted by atomic mass is 32.2. The molecule has 0 saturated carbocycles. The number of piperazine rings is 1. The van der Waals surface area contributed by atoms with Crippen molar-refractivity contribution < 1.29 is 33.5 Å². The van der Waals surface area contributed by atoms with Crippen LogP contribution in [0.15, 0.2) is 0 Å². The molecule has 13 heteroatoms. The van der Waals surface area contributed by atoms with Gasteiger partial charge in [-0.15, -0.1) is 11.8 Å². The van der Waals surface area contributed by atoms with Crippen LogP contribution in [0.5, 0.6) is 0 Å². The minimum absolute atomic E-state index is 0.0448. The van der Waals surface area contributed by atoms with Crippen molar-refractivity contribution in [1.29, 1.82) is 0 Å². The third-order valence-electron chi connectivity index (χ3n) is 4.88. The van der Waals surface area contributed by atoms with Gasteiger partial charge in [0, 0.05) is 24.4 Å². The topological polar surface area (TPSA) is 154 Å². The Labute approximate surface area is 190 Å². The number of amides is 6. The van der Waals surface area contributed by atoms with Gasteiger partial charge in [0.2, 0.25) is 11.8 Å². The highest BCUT2D eigenvalue weighted by Crippen LogP contribution is 2.32. The zero-order chi connectivity index (χ0) is 24.2. The van der Waals surface area contributed by atoms with E-state index in [-0.39, 0.29) is 35.6 Å². The van der Waals surface area contributed by atoms with Crippen LogP contribution >= 0.6 is 11.8 Å². The Morgan fingerprint density at radius 1 is 1.25 bits per heavy atom. The Balaban J connectivity index is 2.11.